The molecule has 0 spiro atoms. The van der Waals surface area contributed by atoms with Gasteiger partial charge in [-0.2, -0.15) is 0 Å². The maximum absolute atomic E-state index is 9.56. The zero-order valence-corrected chi connectivity index (χ0v) is 27.3. The van der Waals surface area contributed by atoms with E-state index in [9.17, 15) is 10.2 Å². The first-order valence-corrected chi connectivity index (χ1v) is 16.0. The van der Waals surface area contributed by atoms with E-state index < -0.39 is 0 Å². The van der Waals surface area contributed by atoms with Gasteiger partial charge in [0.05, 0.1) is 13.2 Å². The van der Waals surface area contributed by atoms with E-state index in [2.05, 4.69) is 38.2 Å². The van der Waals surface area contributed by atoms with Crippen LogP contribution in [-0.2, 0) is 13.0 Å². The quantitative estimate of drug-likeness (QED) is 0.0660. The van der Waals surface area contributed by atoms with Crippen LogP contribution < -0.4 is 31.7 Å². The van der Waals surface area contributed by atoms with Gasteiger partial charge in [0.1, 0.15) is 11.6 Å². The van der Waals surface area contributed by atoms with Crippen molar-refractivity contribution in [2.45, 2.75) is 65.0 Å². The topological polar surface area (TPSA) is 150 Å². The highest BCUT2D eigenvalue weighted by atomic mass is 35.5. The highest BCUT2D eigenvalue weighted by Gasteiger charge is 2.11. The fourth-order valence-corrected chi connectivity index (χ4v) is 4.61. The smallest absolute Gasteiger partial charge is 0.224 e. The predicted molar refractivity (Wildman–Crippen MR) is 181 cm³/mol. The van der Waals surface area contributed by atoms with Crippen molar-refractivity contribution in [3.63, 3.8) is 0 Å². The largest absolute Gasteiger partial charge is 0.508 e. The number of anilines is 1. The molecule has 244 valence electrons. The second-order valence-electron chi connectivity index (χ2n) is 10.4. The highest BCUT2D eigenvalue weighted by molar-refractivity contribution is 6.28. The minimum absolute atomic E-state index is 0.117. The lowest BCUT2D eigenvalue weighted by molar-refractivity contribution is 0.373. The number of methoxy groups -OCH3 is 1. The molecule has 2 aromatic carbocycles. The van der Waals surface area contributed by atoms with Crippen molar-refractivity contribution in [1.29, 1.82) is 0 Å². The van der Waals surface area contributed by atoms with Crippen LogP contribution in [0.1, 0.15) is 68.8 Å². The third kappa shape index (κ3) is 15.0. The molecule has 0 saturated carbocycles. The van der Waals surface area contributed by atoms with Gasteiger partial charge in [-0.05, 0) is 125 Å². The first-order valence-electron chi connectivity index (χ1n) is 15.7. The summed E-state index contributed by atoms with van der Waals surface area (Å²) in [6, 6.07) is 14.6. The van der Waals surface area contributed by atoms with Gasteiger partial charge in [-0.1, -0.05) is 32.0 Å². The fourth-order valence-electron chi connectivity index (χ4n) is 4.41. The Balaban J connectivity index is 0.000000311. The van der Waals surface area contributed by atoms with Crippen LogP contribution >= 0.6 is 11.6 Å². The molecule has 11 heteroatoms. The predicted octanol–water partition coefficient (Wildman–Crippen LogP) is 5.15. The van der Waals surface area contributed by atoms with Crippen LogP contribution in [0.5, 0.6) is 17.2 Å². The van der Waals surface area contributed by atoms with Gasteiger partial charge >= 0.3 is 0 Å². The summed E-state index contributed by atoms with van der Waals surface area (Å²) >= 11 is 5.93. The number of halogens is 1. The van der Waals surface area contributed by atoms with Crippen LogP contribution in [0.15, 0.2) is 48.5 Å². The molecular weight excluding hydrogens is 578 g/mol. The van der Waals surface area contributed by atoms with E-state index in [1.165, 1.54) is 12.8 Å². The molecule has 3 aromatic rings. The summed E-state index contributed by atoms with van der Waals surface area (Å²) in [5.74, 6) is 1.69. The standard InChI is InChI=1S/C18H34N4O2.C15H18ClN3O/c1-24-18-14-16(6-7-17(18)23)15-22-13-5-12-21-10-3-2-9-20-11-4-8-19;1-3-11-9-14(19-15(16)17-11)18-13(4-2)10-5-7-12(20)8-6-10/h6-7,14,20-23H,2-5,8-13,15,19H2,1H3;5-9,13,20H,3-4H2,1-2H3,(H,17,18,19). The second-order valence-corrected chi connectivity index (χ2v) is 10.8. The summed E-state index contributed by atoms with van der Waals surface area (Å²) in [7, 11) is 1.56. The van der Waals surface area contributed by atoms with Crippen LogP contribution in [0.2, 0.25) is 5.28 Å². The summed E-state index contributed by atoms with van der Waals surface area (Å²) in [5.41, 5.74) is 8.56. The van der Waals surface area contributed by atoms with Crippen molar-refractivity contribution < 1.29 is 14.9 Å². The Bertz CT molecular complexity index is 1180. The van der Waals surface area contributed by atoms with Gasteiger partial charge in [0.25, 0.3) is 0 Å². The molecule has 8 N–H and O–H groups in total. The molecule has 0 radical (unpaired) electrons. The Morgan fingerprint density at radius 2 is 1.50 bits per heavy atom. The van der Waals surface area contributed by atoms with Crippen LogP contribution in [0.25, 0.3) is 0 Å². The average Bonchev–Trinajstić information content (AvgIpc) is 3.03. The van der Waals surface area contributed by atoms with Crippen molar-refractivity contribution >= 4 is 17.4 Å². The van der Waals surface area contributed by atoms with Crippen molar-refractivity contribution in [3.8, 4) is 17.2 Å². The van der Waals surface area contributed by atoms with Crippen LogP contribution in [0.4, 0.5) is 5.82 Å². The van der Waals surface area contributed by atoms with Gasteiger partial charge in [-0.3, -0.25) is 0 Å². The first kappa shape index (κ1) is 37.0. The summed E-state index contributed by atoms with van der Waals surface area (Å²) in [6.07, 6.45) is 6.28. The van der Waals surface area contributed by atoms with Crippen LogP contribution in [0, 0.1) is 0 Å². The minimum atomic E-state index is 0.117. The van der Waals surface area contributed by atoms with Crippen molar-refractivity contribution in [1.82, 2.24) is 25.9 Å². The number of hydrogen-bond acceptors (Lipinski definition) is 10. The van der Waals surface area contributed by atoms with Crippen molar-refractivity contribution in [2.24, 2.45) is 5.73 Å². The van der Waals surface area contributed by atoms with Crippen molar-refractivity contribution in [2.75, 3.05) is 51.7 Å². The Labute approximate surface area is 268 Å². The summed E-state index contributed by atoms with van der Waals surface area (Å²) in [6.45, 7) is 10.9. The van der Waals surface area contributed by atoms with Gasteiger partial charge in [0.15, 0.2) is 11.5 Å². The molecule has 1 unspecified atom stereocenters. The number of aromatic nitrogens is 2. The van der Waals surface area contributed by atoms with Crippen LogP contribution in [0.3, 0.4) is 0 Å². The number of rotatable bonds is 20. The van der Waals surface area contributed by atoms with E-state index in [0.717, 1.165) is 94.1 Å². The number of phenols is 2. The number of unbranched alkanes of at least 4 members (excludes halogenated alkanes) is 1. The molecule has 10 nitrogen and oxygen atoms in total. The SMILES string of the molecule is CCc1cc(NC(CC)c2ccc(O)cc2)nc(Cl)n1.COc1cc(CNCCCNCCCCNCCCN)ccc1O. The molecule has 0 fully saturated rings. The fraction of sp³-hybridized carbons (Fsp3) is 0.515. The number of nitrogens with zero attached hydrogens (tertiary/aromatic N) is 2. The number of nitrogens with one attached hydrogen (secondary N) is 4. The molecule has 0 saturated heterocycles. The maximum Gasteiger partial charge on any atom is 0.224 e. The molecule has 0 aliphatic heterocycles. The number of nitrogens with two attached hydrogens (primary N) is 1. The molecular formula is C33H52ClN7O3. The maximum atomic E-state index is 9.56. The van der Waals surface area contributed by atoms with E-state index in [1.807, 2.05) is 37.3 Å². The molecule has 0 aliphatic rings. The molecule has 0 bridgehead atoms. The molecule has 1 heterocycles. The Morgan fingerprint density at radius 1 is 0.841 bits per heavy atom. The third-order valence-corrected chi connectivity index (χ3v) is 7.10. The lowest BCUT2D eigenvalue weighted by Crippen LogP contribution is -2.24. The normalized spacial score (nSPS) is 11.5. The van der Waals surface area contributed by atoms with Gasteiger partial charge in [-0.15, -0.1) is 0 Å². The van der Waals surface area contributed by atoms with Gasteiger partial charge < -0.3 is 42.0 Å². The van der Waals surface area contributed by atoms with Gasteiger partial charge in [0.2, 0.25) is 5.28 Å². The summed E-state index contributed by atoms with van der Waals surface area (Å²) < 4.78 is 5.11. The lowest BCUT2D eigenvalue weighted by atomic mass is 10.0. The first-order chi connectivity index (χ1) is 21.4. The second kappa shape index (κ2) is 22.4. The summed E-state index contributed by atoms with van der Waals surface area (Å²) in [5, 5.41) is 32.8. The molecule has 44 heavy (non-hydrogen) atoms. The van der Waals surface area contributed by atoms with Crippen molar-refractivity contribution in [3.05, 3.63) is 70.6 Å². The monoisotopic (exact) mass is 629 g/mol. The molecule has 0 aliphatic carbocycles. The van der Waals surface area contributed by atoms with E-state index in [0.29, 0.717) is 5.75 Å². The number of aryl methyl sites for hydroxylation is 1. The lowest BCUT2D eigenvalue weighted by Gasteiger charge is -2.18. The number of ether oxygens (including phenoxy) is 1. The average molecular weight is 630 g/mol. The Morgan fingerprint density at radius 3 is 2.14 bits per heavy atom. The molecule has 3 rings (SSSR count). The van der Waals surface area contributed by atoms with Gasteiger partial charge in [0, 0.05) is 18.3 Å². The summed E-state index contributed by atoms with van der Waals surface area (Å²) in [4.78, 5) is 8.36. The van der Waals surface area contributed by atoms with E-state index in [1.54, 1.807) is 25.3 Å². The third-order valence-electron chi connectivity index (χ3n) is 6.94. The number of hydrogen-bond donors (Lipinski definition) is 7. The minimum Gasteiger partial charge on any atom is -0.508 e. The number of aromatic hydroxyl groups is 2. The van der Waals surface area contributed by atoms with Crippen LogP contribution in [-0.4, -0.2) is 66.6 Å². The molecule has 0 amide bonds. The van der Waals surface area contributed by atoms with E-state index >= 15 is 0 Å². The zero-order valence-electron chi connectivity index (χ0n) is 26.5. The van der Waals surface area contributed by atoms with E-state index in [-0.39, 0.29) is 22.8 Å². The Kier molecular flexibility index (Phi) is 18.8. The van der Waals surface area contributed by atoms with Gasteiger partial charge in [-0.25, -0.2) is 9.97 Å². The number of phenolic OH excluding ortho intramolecular Hbond substituents is 2. The number of benzene rings is 2. The zero-order chi connectivity index (χ0) is 32.0. The molecule has 1 aromatic heterocycles. The Hall–Kier alpha value is -3.15. The highest BCUT2D eigenvalue weighted by Crippen LogP contribution is 2.26. The molecule has 1 atom stereocenters. The van der Waals surface area contributed by atoms with E-state index in [4.69, 9.17) is 22.1 Å².